The number of fused-ring (bicyclic) bond motifs is 3. The lowest BCUT2D eigenvalue weighted by molar-refractivity contribution is -0.181. The van der Waals surface area contributed by atoms with Gasteiger partial charge in [-0.3, -0.25) is 4.79 Å². The molecule has 1 N–H and O–H groups in total. The number of aromatic nitrogens is 3. The van der Waals surface area contributed by atoms with E-state index in [9.17, 15) is 26.4 Å². The van der Waals surface area contributed by atoms with Crippen LogP contribution in [0.5, 0.6) is 0 Å². The number of benzene rings is 1. The van der Waals surface area contributed by atoms with Crippen molar-refractivity contribution in [2.75, 3.05) is 17.7 Å². The molecule has 1 aromatic carbocycles. The summed E-state index contributed by atoms with van der Waals surface area (Å²) in [5, 5.41) is 5.67. The maximum atomic E-state index is 15.5. The summed E-state index contributed by atoms with van der Waals surface area (Å²) in [6.07, 6.45) is -2.31. The standard InChI is InChI=1S/C26H24ClF6N5O3S/c1-23(26(31,32)33)11-37(17-10-34-19-9-18(27)36-38(19)21(17)23)13-4-5-15(16(28)8-13)20-24(2,25(20,29)30)22(39)35-12-6-14(7-12)42(3,40)41/h4-5,8-10,12,14,20H,6-7,11H2,1-3H3,(H,35,39). The summed E-state index contributed by atoms with van der Waals surface area (Å²) in [6, 6.07) is 3.83. The Balaban J connectivity index is 1.30. The Labute approximate surface area is 240 Å². The predicted molar refractivity (Wildman–Crippen MR) is 140 cm³/mol. The van der Waals surface area contributed by atoms with Crippen molar-refractivity contribution in [3.05, 3.63) is 52.7 Å². The van der Waals surface area contributed by atoms with Crippen LogP contribution < -0.4 is 10.2 Å². The van der Waals surface area contributed by atoms with E-state index < -0.39 is 73.8 Å². The fourth-order valence-corrected chi connectivity index (χ4v) is 7.48. The Morgan fingerprint density at radius 2 is 1.83 bits per heavy atom. The largest absolute Gasteiger partial charge is 0.401 e. The molecule has 1 amide bonds. The van der Waals surface area contributed by atoms with Gasteiger partial charge in [-0.25, -0.2) is 31.1 Å². The maximum absolute atomic E-state index is 15.5. The number of nitrogens with zero attached hydrogens (tertiary/aromatic N) is 4. The van der Waals surface area contributed by atoms with Crippen LogP contribution in [-0.2, 0) is 20.0 Å². The number of carbonyl (C=O) groups excluding carboxylic acids is 1. The molecule has 3 aromatic rings. The normalized spacial score (nSPS) is 30.2. The van der Waals surface area contributed by atoms with E-state index in [-0.39, 0.29) is 40.7 Å². The summed E-state index contributed by atoms with van der Waals surface area (Å²) >= 11 is 5.92. The molecule has 0 radical (unpaired) electrons. The minimum absolute atomic E-state index is 0.0110. The molecule has 0 spiro atoms. The van der Waals surface area contributed by atoms with Crippen molar-refractivity contribution in [3.63, 3.8) is 0 Å². The highest BCUT2D eigenvalue weighted by molar-refractivity contribution is 7.91. The van der Waals surface area contributed by atoms with E-state index in [1.165, 1.54) is 23.2 Å². The summed E-state index contributed by atoms with van der Waals surface area (Å²) in [4.78, 5) is 18.2. The molecule has 3 heterocycles. The number of sulfone groups is 1. The monoisotopic (exact) mass is 635 g/mol. The molecule has 3 unspecified atom stereocenters. The van der Waals surface area contributed by atoms with Gasteiger partial charge >= 0.3 is 6.18 Å². The van der Waals surface area contributed by atoms with Crippen LogP contribution in [0.25, 0.3) is 5.65 Å². The van der Waals surface area contributed by atoms with Gasteiger partial charge in [0.25, 0.3) is 5.92 Å². The van der Waals surface area contributed by atoms with E-state index in [1.54, 1.807) is 0 Å². The number of halogens is 7. The van der Waals surface area contributed by atoms with Crippen LogP contribution in [-0.4, -0.2) is 65.1 Å². The number of nitrogens with one attached hydrogen (secondary N) is 1. The average Bonchev–Trinajstić information content (AvgIpc) is 3.13. The minimum atomic E-state index is -4.76. The molecule has 1 aliphatic heterocycles. The van der Waals surface area contributed by atoms with Gasteiger partial charge in [0.05, 0.1) is 28.7 Å². The fraction of sp³-hybridized carbons (Fsp3) is 0.500. The van der Waals surface area contributed by atoms with E-state index in [0.717, 1.165) is 36.8 Å². The van der Waals surface area contributed by atoms with Crippen LogP contribution in [0.3, 0.4) is 0 Å². The molecule has 42 heavy (non-hydrogen) atoms. The van der Waals surface area contributed by atoms with Crippen molar-refractivity contribution < 1.29 is 39.6 Å². The third-order valence-corrected chi connectivity index (χ3v) is 10.8. The Morgan fingerprint density at radius 3 is 2.43 bits per heavy atom. The predicted octanol–water partition coefficient (Wildman–Crippen LogP) is 4.92. The molecule has 2 fully saturated rings. The molecule has 0 saturated heterocycles. The second-order valence-corrected chi connectivity index (χ2v) is 14.4. The first-order valence-corrected chi connectivity index (χ1v) is 15.2. The lowest BCUT2D eigenvalue weighted by Crippen LogP contribution is -2.51. The molecular weight excluding hydrogens is 612 g/mol. The third-order valence-electron chi connectivity index (χ3n) is 9.01. The van der Waals surface area contributed by atoms with E-state index in [2.05, 4.69) is 15.4 Å². The van der Waals surface area contributed by atoms with E-state index >= 15 is 13.2 Å². The highest BCUT2D eigenvalue weighted by Gasteiger charge is 2.82. The molecule has 226 valence electrons. The van der Waals surface area contributed by atoms with Gasteiger partial charge in [-0.15, -0.1) is 0 Å². The van der Waals surface area contributed by atoms with Gasteiger partial charge in [-0.05, 0) is 44.4 Å². The molecule has 3 aliphatic rings. The zero-order valence-corrected chi connectivity index (χ0v) is 23.9. The summed E-state index contributed by atoms with van der Waals surface area (Å²) in [5.41, 5.74) is -5.45. The van der Waals surface area contributed by atoms with Gasteiger partial charge in [-0.1, -0.05) is 17.7 Å². The number of alkyl halides is 5. The van der Waals surface area contributed by atoms with Gasteiger partial charge in [0.1, 0.15) is 26.5 Å². The number of hydrogen-bond donors (Lipinski definition) is 1. The zero-order chi connectivity index (χ0) is 30.8. The molecule has 2 saturated carbocycles. The quantitative estimate of drug-likeness (QED) is 0.400. The van der Waals surface area contributed by atoms with Crippen molar-refractivity contribution in [1.82, 2.24) is 19.9 Å². The number of anilines is 2. The van der Waals surface area contributed by atoms with Gasteiger partial charge in [0.2, 0.25) is 5.91 Å². The lowest BCUT2D eigenvalue weighted by Gasteiger charge is -2.35. The van der Waals surface area contributed by atoms with Crippen molar-refractivity contribution in [3.8, 4) is 0 Å². The van der Waals surface area contributed by atoms with Crippen molar-refractivity contribution >= 4 is 44.4 Å². The number of hydrogen-bond acceptors (Lipinski definition) is 6. The van der Waals surface area contributed by atoms with Gasteiger partial charge in [0.15, 0.2) is 10.8 Å². The topological polar surface area (TPSA) is 96.7 Å². The average molecular weight is 636 g/mol. The second-order valence-electron chi connectivity index (χ2n) is 11.7. The van der Waals surface area contributed by atoms with Crippen LogP contribution in [0.2, 0.25) is 5.15 Å². The van der Waals surface area contributed by atoms with E-state index in [0.29, 0.717) is 0 Å². The van der Waals surface area contributed by atoms with Crippen LogP contribution in [0, 0.1) is 11.2 Å². The van der Waals surface area contributed by atoms with Crippen LogP contribution in [0.4, 0.5) is 37.7 Å². The van der Waals surface area contributed by atoms with E-state index in [1.807, 2.05) is 0 Å². The molecule has 16 heteroatoms. The first-order valence-electron chi connectivity index (χ1n) is 12.9. The lowest BCUT2D eigenvalue weighted by atomic mass is 9.87. The first-order chi connectivity index (χ1) is 19.3. The second kappa shape index (κ2) is 8.74. The van der Waals surface area contributed by atoms with E-state index in [4.69, 9.17) is 11.6 Å². The highest BCUT2D eigenvalue weighted by atomic mass is 35.5. The summed E-state index contributed by atoms with van der Waals surface area (Å²) < 4.78 is 113. The summed E-state index contributed by atoms with van der Waals surface area (Å²) in [6.45, 7) is 1.31. The first kappa shape index (κ1) is 29.0. The van der Waals surface area contributed by atoms with Crippen LogP contribution >= 0.6 is 11.6 Å². The fourth-order valence-electron chi connectivity index (χ4n) is 6.15. The highest BCUT2D eigenvalue weighted by Crippen LogP contribution is 2.71. The van der Waals surface area contributed by atoms with Crippen LogP contribution in [0.1, 0.15) is 43.9 Å². The van der Waals surface area contributed by atoms with Gasteiger partial charge < -0.3 is 10.2 Å². The molecular formula is C26H24ClF6N5O3S. The zero-order valence-electron chi connectivity index (χ0n) is 22.3. The van der Waals surface area contributed by atoms with Gasteiger partial charge in [0, 0.05) is 30.6 Å². The molecule has 6 rings (SSSR count). The molecule has 8 nitrogen and oxygen atoms in total. The number of rotatable bonds is 5. The Morgan fingerprint density at radius 1 is 1.17 bits per heavy atom. The number of carbonyl (C=O) groups is 1. The molecule has 2 aromatic heterocycles. The molecule has 0 bridgehead atoms. The number of amides is 1. The third kappa shape index (κ3) is 3.95. The van der Waals surface area contributed by atoms with Crippen molar-refractivity contribution in [1.29, 1.82) is 0 Å². The SMILES string of the molecule is CC1(C(F)(F)F)CN(c2ccc(C3C(F)(F)C3(C)C(=O)NC3CC(S(C)(=O)=O)C3)c(F)c2)c2cnc3cc(Cl)nn3c21. The Hall–Kier alpha value is -3.07. The molecule has 3 atom stereocenters. The maximum Gasteiger partial charge on any atom is 0.401 e. The minimum Gasteiger partial charge on any atom is -0.353 e. The smallest absolute Gasteiger partial charge is 0.353 e. The summed E-state index contributed by atoms with van der Waals surface area (Å²) in [7, 11) is -3.32. The Kier molecular flexibility index (Phi) is 6.04. The molecule has 2 aliphatic carbocycles. The van der Waals surface area contributed by atoms with Gasteiger partial charge in [-0.2, -0.15) is 18.3 Å². The van der Waals surface area contributed by atoms with Crippen LogP contribution in [0.15, 0.2) is 30.5 Å². The van der Waals surface area contributed by atoms with Crippen molar-refractivity contribution in [2.24, 2.45) is 5.41 Å². The summed E-state index contributed by atoms with van der Waals surface area (Å²) in [5.74, 6) is -7.60. The van der Waals surface area contributed by atoms with Crippen molar-refractivity contribution in [2.45, 2.75) is 61.4 Å². The Bertz CT molecular complexity index is 1760.